The molecule has 1 aromatic rings. The summed E-state index contributed by atoms with van der Waals surface area (Å²) in [4.78, 5) is 42.2. The SMILES string of the molecule is CCCCN(C(=O)C(NC(=O)OC(C)(C)C)C(C)C)C(C(=O)NC(C)CCC)c1c(C)cccc1C. The van der Waals surface area contributed by atoms with Crippen molar-refractivity contribution < 1.29 is 19.1 Å². The van der Waals surface area contributed by atoms with Crippen molar-refractivity contribution in [2.24, 2.45) is 5.92 Å². The third-order valence-corrected chi connectivity index (χ3v) is 6.13. The van der Waals surface area contributed by atoms with E-state index in [9.17, 15) is 14.4 Å². The first-order valence-electron chi connectivity index (χ1n) is 13.4. The van der Waals surface area contributed by atoms with Crippen LogP contribution in [0, 0.1) is 19.8 Å². The van der Waals surface area contributed by atoms with Crippen molar-refractivity contribution in [2.75, 3.05) is 6.54 Å². The van der Waals surface area contributed by atoms with Crippen LogP contribution < -0.4 is 10.6 Å². The van der Waals surface area contributed by atoms with E-state index in [1.807, 2.05) is 52.8 Å². The van der Waals surface area contributed by atoms with Crippen LogP contribution in [0.2, 0.25) is 0 Å². The molecule has 204 valence electrons. The number of nitrogens with zero attached hydrogens (tertiary/aromatic N) is 1. The summed E-state index contributed by atoms with van der Waals surface area (Å²) in [5.74, 6) is -0.678. The van der Waals surface area contributed by atoms with E-state index in [2.05, 4.69) is 24.5 Å². The number of unbranched alkanes of at least 4 members (excludes halogenated alkanes) is 1. The molecule has 0 saturated carbocycles. The quantitative estimate of drug-likeness (QED) is 0.376. The predicted molar refractivity (Wildman–Crippen MR) is 146 cm³/mol. The van der Waals surface area contributed by atoms with Crippen molar-refractivity contribution >= 4 is 17.9 Å². The molecule has 0 fully saturated rings. The van der Waals surface area contributed by atoms with E-state index in [0.29, 0.717) is 6.54 Å². The molecule has 0 heterocycles. The summed E-state index contributed by atoms with van der Waals surface area (Å²) in [7, 11) is 0. The Bertz CT molecular complexity index is 856. The summed E-state index contributed by atoms with van der Waals surface area (Å²) in [6.07, 6.45) is 2.76. The second-order valence-electron chi connectivity index (χ2n) is 11.2. The summed E-state index contributed by atoms with van der Waals surface area (Å²) in [5.41, 5.74) is 2.05. The summed E-state index contributed by atoms with van der Waals surface area (Å²) in [6, 6.07) is 4.26. The van der Waals surface area contributed by atoms with Crippen molar-refractivity contribution in [1.82, 2.24) is 15.5 Å². The molecule has 3 amide bonds. The van der Waals surface area contributed by atoms with Crippen LogP contribution in [0.15, 0.2) is 18.2 Å². The molecular weight excluding hydrogens is 454 g/mol. The number of nitrogens with one attached hydrogen (secondary N) is 2. The molecule has 0 bridgehead atoms. The zero-order chi connectivity index (χ0) is 27.6. The van der Waals surface area contributed by atoms with Crippen molar-refractivity contribution in [1.29, 1.82) is 0 Å². The van der Waals surface area contributed by atoms with Gasteiger partial charge in [-0.15, -0.1) is 0 Å². The van der Waals surface area contributed by atoms with Crippen LogP contribution in [0.25, 0.3) is 0 Å². The molecular formula is C29H49N3O4. The maximum Gasteiger partial charge on any atom is 0.408 e. The molecule has 7 nitrogen and oxygen atoms in total. The number of ether oxygens (including phenoxy) is 1. The van der Waals surface area contributed by atoms with Crippen LogP contribution in [0.1, 0.15) is 104 Å². The van der Waals surface area contributed by atoms with E-state index < -0.39 is 23.8 Å². The number of carbonyl (C=O) groups excluding carboxylic acids is 3. The minimum absolute atomic E-state index is 0.0155. The van der Waals surface area contributed by atoms with Gasteiger partial charge in [-0.1, -0.05) is 58.7 Å². The van der Waals surface area contributed by atoms with Crippen LogP contribution in [-0.2, 0) is 14.3 Å². The number of benzene rings is 1. The van der Waals surface area contributed by atoms with Crippen LogP contribution >= 0.6 is 0 Å². The van der Waals surface area contributed by atoms with E-state index in [1.54, 1.807) is 25.7 Å². The molecule has 3 atom stereocenters. The first kappa shape index (κ1) is 31.5. The highest BCUT2D eigenvalue weighted by atomic mass is 16.6. The molecule has 0 saturated heterocycles. The number of carbonyl (C=O) groups is 3. The van der Waals surface area contributed by atoms with Crippen molar-refractivity contribution in [3.8, 4) is 0 Å². The largest absolute Gasteiger partial charge is 0.444 e. The number of amides is 3. The molecule has 0 spiro atoms. The third-order valence-electron chi connectivity index (χ3n) is 6.13. The molecule has 0 aliphatic rings. The second-order valence-corrected chi connectivity index (χ2v) is 11.2. The van der Waals surface area contributed by atoms with Gasteiger partial charge in [0.25, 0.3) is 0 Å². The van der Waals surface area contributed by atoms with Gasteiger partial charge in [-0.05, 0) is 77.0 Å². The Hall–Kier alpha value is -2.57. The highest BCUT2D eigenvalue weighted by molar-refractivity contribution is 5.92. The number of rotatable bonds is 12. The monoisotopic (exact) mass is 503 g/mol. The average Bonchev–Trinajstić information content (AvgIpc) is 2.74. The third kappa shape index (κ3) is 9.47. The number of hydrogen-bond donors (Lipinski definition) is 2. The summed E-state index contributed by atoms with van der Waals surface area (Å²) in [5, 5.41) is 5.92. The number of hydrogen-bond acceptors (Lipinski definition) is 4. The average molecular weight is 504 g/mol. The Morgan fingerprint density at radius 2 is 1.56 bits per heavy atom. The summed E-state index contributed by atoms with van der Waals surface area (Å²) in [6.45, 7) is 19.6. The molecule has 3 unspecified atom stereocenters. The molecule has 1 rings (SSSR count). The van der Waals surface area contributed by atoms with Crippen LogP contribution in [-0.4, -0.2) is 47.0 Å². The van der Waals surface area contributed by atoms with E-state index in [-0.39, 0.29) is 23.8 Å². The van der Waals surface area contributed by atoms with Crippen LogP contribution in [0.4, 0.5) is 4.79 Å². The van der Waals surface area contributed by atoms with Gasteiger partial charge in [-0.2, -0.15) is 0 Å². The lowest BCUT2D eigenvalue weighted by Crippen LogP contribution is -2.55. The van der Waals surface area contributed by atoms with Gasteiger partial charge in [-0.3, -0.25) is 9.59 Å². The van der Waals surface area contributed by atoms with E-state index in [0.717, 1.165) is 42.4 Å². The minimum atomic E-state index is -0.829. The maximum atomic E-state index is 14.1. The maximum absolute atomic E-state index is 14.1. The molecule has 36 heavy (non-hydrogen) atoms. The van der Waals surface area contributed by atoms with Gasteiger partial charge in [0.2, 0.25) is 11.8 Å². The van der Waals surface area contributed by atoms with Gasteiger partial charge in [-0.25, -0.2) is 4.79 Å². The summed E-state index contributed by atoms with van der Waals surface area (Å²) >= 11 is 0. The Morgan fingerprint density at radius 3 is 2.03 bits per heavy atom. The zero-order valence-corrected chi connectivity index (χ0v) is 24.2. The molecule has 0 aliphatic carbocycles. The lowest BCUT2D eigenvalue weighted by molar-refractivity contribution is -0.143. The van der Waals surface area contributed by atoms with Gasteiger partial charge in [0.05, 0.1) is 0 Å². The Morgan fingerprint density at radius 1 is 0.972 bits per heavy atom. The van der Waals surface area contributed by atoms with Gasteiger partial charge in [0, 0.05) is 12.6 Å². The number of alkyl carbamates (subject to hydrolysis) is 1. The van der Waals surface area contributed by atoms with Crippen LogP contribution in [0.3, 0.4) is 0 Å². The van der Waals surface area contributed by atoms with E-state index in [1.165, 1.54) is 0 Å². The number of aryl methyl sites for hydroxylation is 2. The van der Waals surface area contributed by atoms with E-state index >= 15 is 0 Å². The van der Waals surface area contributed by atoms with Gasteiger partial charge < -0.3 is 20.3 Å². The van der Waals surface area contributed by atoms with Crippen LogP contribution in [0.5, 0.6) is 0 Å². The lowest BCUT2D eigenvalue weighted by Gasteiger charge is -2.37. The second kappa shape index (κ2) is 14.2. The topological polar surface area (TPSA) is 87.7 Å². The highest BCUT2D eigenvalue weighted by Gasteiger charge is 2.38. The first-order chi connectivity index (χ1) is 16.7. The molecule has 7 heteroatoms. The molecule has 1 aromatic carbocycles. The molecule has 0 aromatic heterocycles. The standard InChI is InChI=1S/C29H49N3O4/c1-11-13-18-32(27(34)24(19(3)4)31-28(35)36-29(8,9)10)25(26(33)30-22(7)15-12-2)23-20(5)16-14-17-21(23)6/h14,16-17,19,22,24-25H,11-13,15,18H2,1-10H3,(H,30,33)(H,31,35). The predicted octanol–water partition coefficient (Wildman–Crippen LogP) is 5.83. The normalized spacial score (nSPS) is 14.1. The van der Waals surface area contributed by atoms with Gasteiger partial charge in [0.15, 0.2) is 0 Å². The smallest absolute Gasteiger partial charge is 0.408 e. The Kier molecular flexibility index (Phi) is 12.4. The molecule has 2 N–H and O–H groups in total. The van der Waals surface area contributed by atoms with Crippen molar-refractivity contribution in [3.63, 3.8) is 0 Å². The summed E-state index contributed by atoms with van der Waals surface area (Å²) < 4.78 is 5.44. The lowest BCUT2D eigenvalue weighted by atomic mass is 9.92. The minimum Gasteiger partial charge on any atom is -0.444 e. The Labute approximate surface area is 218 Å². The fraction of sp³-hybridized carbons (Fsp3) is 0.690. The Balaban J connectivity index is 3.56. The molecule has 0 radical (unpaired) electrons. The fourth-order valence-electron chi connectivity index (χ4n) is 4.34. The van der Waals surface area contributed by atoms with Gasteiger partial charge in [0.1, 0.15) is 17.7 Å². The fourth-order valence-corrected chi connectivity index (χ4v) is 4.34. The van der Waals surface area contributed by atoms with E-state index in [4.69, 9.17) is 4.74 Å². The highest BCUT2D eigenvalue weighted by Crippen LogP contribution is 2.30. The molecule has 0 aliphatic heterocycles. The zero-order valence-electron chi connectivity index (χ0n) is 24.2. The first-order valence-corrected chi connectivity index (χ1v) is 13.4. The van der Waals surface area contributed by atoms with Crippen molar-refractivity contribution in [2.45, 2.75) is 119 Å². The van der Waals surface area contributed by atoms with Gasteiger partial charge >= 0.3 is 6.09 Å². The van der Waals surface area contributed by atoms with Crippen molar-refractivity contribution in [3.05, 3.63) is 34.9 Å².